The van der Waals surface area contributed by atoms with E-state index in [2.05, 4.69) is 5.32 Å². The van der Waals surface area contributed by atoms with Gasteiger partial charge in [-0.1, -0.05) is 54.1 Å². The number of sulfonamides is 1. The molecule has 0 aliphatic carbocycles. The highest BCUT2D eigenvalue weighted by atomic mass is 35.5. The molecule has 1 heterocycles. The summed E-state index contributed by atoms with van der Waals surface area (Å²) >= 11 is 5.87. The van der Waals surface area contributed by atoms with Crippen molar-refractivity contribution in [2.24, 2.45) is 5.92 Å². The highest BCUT2D eigenvalue weighted by Crippen LogP contribution is 2.25. The van der Waals surface area contributed by atoms with Crippen molar-refractivity contribution in [3.8, 4) is 0 Å². The van der Waals surface area contributed by atoms with Gasteiger partial charge in [-0.3, -0.25) is 4.79 Å². The number of fused-ring (bicyclic) bond motifs is 1. The van der Waals surface area contributed by atoms with Gasteiger partial charge in [0.25, 0.3) is 0 Å². The fraction of sp³-hybridized carbons (Fsp3) is 0.261. The molecule has 1 N–H and O–H groups in total. The number of nitrogens with one attached hydrogen (secondary N) is 1. The third-order valence-electron chi connectivity index (χ3n) is 5.54. The van der Waals surface area contributed by atoms with Gasteiger partial charge < -0.3 is 5.32 Å². The van der Waals surface area contributed by atoms with E-state index in [4.69, 9.17) is 11.6 Å². The molecule has 1 saturated heterocycles. The number of carbonyl (C=O) groups is 1. The van der Waals surface area contributed by atoms with E-state index in [1.807, 2.05) is 42.5 Å². The zero-order valence-corrected chi connectivity index (χ0v) is 18.0. The molecule has 1 atom stereocenters. The number of rotatable bonds is 5. The van der Waals surface area contributed by atoms with Gasteiger partial charge >= 0.3 is 0 Å². The average molecular weight is 443 g/mol. The summed E-state index contributed by atoms with van der Waals surface area (Å²) in [5.41, 5.74) is 1.04. The maximum absolute atomic E-state index is 12.9. The second kappa shape index (κ2) is 8.76. The number of carbonyl (C=O) groups excluding carboxylic acids is 1. The van der Waals surface area contributed by atoms with Crippen LogP contribution in [0, 0.1) is 5.92 Å². The van der Waals surface area contributed by atoms with Crippen molar-refractivity contribution in [3.05, 3.63) is 77.3 Å². The van der Waals surface area contributed by atoms with Gasteiger partial charge in [-0.05, 0) is 53.4 Å². The molecule has 0 bridgehead atoms. The van der Waals surface area contributed by atoms with Gasteiger partial charge in [0.15, 0.2) is 0 Å². The molecule has 1 amide bonds. The van der Waals surface area contributed by atoms with Crippen LogP contribution in [0.4, 0.5) is 0 Å². The minimum atomic E-state index is -3.65. The normalized spacial score (nSPS) is 17.7. The molecule has 4 rings (SSSR count). The minimum absolute atomic E-state index is 0.112. The standard InChI is InChI=1S/C23H23ClN2O3S/c24-20-10-12-21(13-11-20)30(28,29)26-14-4-8-19(16-26)23(27)25-15-18-7-3-6-17-5-1-2-9-22(17)18/h1-3,5-7,9-13,19H,4,8,14-16H2,(H,25,27)/t19-/m1/s1. The van der Waals surface area contributed by atoms with Gasteiger partial charge in [0.1, 0.15) is 0 Å². The fourth-order valence-electron chi connectivity index (χ4n) is 3.90. The van der Waals surface area contributed by atoms with Crippen LogP contribution >= 0.6 is 11.6 Å². The predicted octanol–water partition coefficient (Wildman–Crippen LogP) is 4.21. The highest BCUT2D eigenvalue weighted by Gasteiger charge is 2.33. The molecular weight excluding hydrogens is 420 g/mol. The molecule has 0 saturated carbocycles. The molecule has 1 aliphatic heterocycles. The molecular formula is C23H23ClN2O3S. The quantitative estimate of drug-likeness (QED) is 0.643. The molecule has 0 radical (unpaired) electrons. The summed E-state index contributed by atoms with van der Waals surface area (Å²) in [6.45, 7) is 1.02. The smallest absolute Gasteiger partial charge is 0.243 e. The number of amides is 1. The first-order valence-corrected chi connectivity index (χ1v) is 11.8. The van der Waals surface area contributed by atoms with E-state index in [-0.39, 0.29) is 23.3 Å². The lowest BCUT2D eigenvalue weighted by Gasteiger charge is -2.31. The molecule has 1 fully saturated rings. The van der Waals surface area contributed by atoms with E-state index in [0.717, 1.165) is 16.3 Å². The SMILES string of the molecule is O=C(NCc1cccc2ccccc12)[C@@H]1CCCN(S(=O)(=O)c2ccc(Cl)cc2)C1. The Balaban J connectivity index is 1.44. The molecule has 3 aromatic carbocycles. The zero-order chi connectivity index (χ0) is 21.1. The van der Waals surface area contributed by atoms with Crippen molar-refractivity contribution in [2.75, 3.05) is 13.1 Å². The molecule has 3 aromatic rings. The first-order chi connectivity index (χ1) is 14.4. The van der Waals surface area contributed by atoms with Crippen LogP contribution in [0.3, 0.4) is 0 Å². The number of hydrogen-bond acceptors (Lipinski definition) is 3. The Hall–Kier alpha value is -2.41. The Morgan fingerprint density at radius 2 is 1.77 bits per heavy atom. The second-order valence-electron chi connectivity index (χ2n) is 7.51. The van der Waals surface area contributed by atoms with E-state index in [0.29, 0.717) is 31.0 Å². The molecule has 7 heteroatoms. The van der Waals surface area contributed by atoms with Gasteiger partial charge in [0.05, 0.1) is 10.8 Å². The summed E-state index contributed by atoms with van der Waals surface area (Å²) in [5.74, 6) is -0.477. The zero-order valence-electron chi connectivity index (χ0n) is 16.4. The summed E-state index contributed by atoms with van der Waals surface area (Å²) in [6.07, 6.45) is 1.33. The van der Waals surface area contributed by atoms with Crippen LogP contribution in [0.5, 0.6) is 0 Å². The first kappa shape index (κ1) is 20.8. The summed E-state index contributed by atoms with van der Waals surface area (Å²) in [4.78, 5) is 13.0. The Kier molecular flexibility index (Phi) is 6.09. The number of nitrogens with zero attached hydrogens (tertiary/aromatic N) is 1. The summed E-state index contributed by atoms with van der Waals surface area (Å²) < 4.78 is 27.3. The average Bonchev–Trinajstić information content (AvgIpc) is 2.78. The Labute approximate surface area is 181 Å². The van der Waals surface area contributed by atoms with Gasteiger partial charge in [-0.15, -0.1) is 0 Å². The van der Waals surface area contributed by atoms with Gasteiger partial charge in [-0.2, -0.15) is 4.31 Å². The molecule has 0 spiro atoms. The number of benzene rings is 3. The van der Waals surface area contributed by atoms with Crippen molar-refractivity contribution < 1.29 is 13.2 Å². The van der Waals surface area contributed by atoms with Crippen molar-refractivity contribution in [3.63, 3.8) is 0 Å². The molecule has 5 nitrogen and oxygen atoms in total. The fourth-order valence-corrected chi connectivity index (χ4v) is 5.55. The maximum atomic E-state index is 12.9. The maximum Gasteiger partial charge on any atom is 0.243 e. The van der Waals surface area contributed by atoms with Gasteiger partial charge in [-0.25, -0.2) is 8.42 Å². The molecule has 30 heavy (non-hydrogen) atoms. The van der Waals surface area contributed by atoms with Gasteiger partial charge in [0, 0.05) is 24.7 Å². The lowest BCUT2D eigenvalue weighted by molar-refractivity contribution is -0.126. The van der Waals surface area contributed by atoms with Crippen LogP contribution in [0.2, 0.25) is 5.02 Å². The minimum Gasteiger partial charge on any atom is -0.352 e. The van der Waals surface area contributed by atoms with E-state index in [9.17, 15) is 13.2 Å². The van der Waals surface area contributed by atoms with Crippen molar-refractivity contribution in [1.82, 2.24) is 9.62 Å². The molecule has 0 unspecified atom stereocenters. The van der Waals surface area contributed by atoms with Crippen LogP contribution < -0.4 is 5.32 Å². The second-order valence-corrected chi connectivity index (χ2v) is 9.89. The van der Waals surface area contributed by atoms with Crippen LogP contribution in [0.15, 0.2) is 71.6 Å². The van der Waals surface area contributed by atoms with Crippen LogP contribution in [-0.2, 0) is 21.4 Å². The monoisotopic (exact) mass is 442 g/mol. The van der Waals surface area contributed by atoms with Crippen LogP contribution in [-0.4, -0.2) is 31.7 Å². The Morgan fingerprint density at radius 1 is 1.03 bits per heavy atom. The largest absolute Gasteiger partial charge is 0.352 e. The third kappa shape index (κ3) is 4.36. The number of piperidine rings is 1. The van der Waals surface area contributed by atoms with Crippen molar-refractivity contribution in [2.45, 2.75) is 24.3 Å². The van der Waals surface area contributed by atoms with Crippen LogP contribution in [0.1, 0.15) is 18.4 Å². The van der Waals surface area contributed by atoms with Crippen molar-refractivity contribution >= 4 is 38.3 Å². The lowest BCUT2D eigenvalue weighted by Crippen LogP contribution is -2.45. The molecule has 0 aromatic heterocycles. The number of halogens is 1. The molecule has 156 valence electrons. The van der Waals surface area contributed by atoms with E-state index < -0.39 is 10.0 Å². The topological polar surface area (TPSA) is 66.5 Å². The molecule has 1 aliphatic rings. The Bertz CT molecular complexity index is 1160. The van der Waals surface area contributed by atoms with Crippen LogP contribution in [0.25, 0.3) is 10.8 Å². The van der Waals surface area contributed by atoms with E-state index in [1.165, 1.54) is 16.4 Å². The Morgan fingerprint density at radius 3 is 2.57 bits per heavy atom. The number of hydrogen-bond donors (Lipinski definition) is 1. The third-order valence-corrected chi connectivity index (χ3v) is 7.67. The lowest BCUT2D eigenvalue weighted by atomic mass is 9.98. The van der Waals surface area contributed by atoms with E-state index in [1.54, 1.807) is 12.1 Å². The summed E-state index contributed by atoms with van der Waals surface area (Å²) in [5, 5.41) is 5.72. The van der Waals surface area contributed by atoms with Crippen molar-refractivity contribution in [1.29, 1.82) is 0 Å². The van der Waals surface area contributed by atoms with E-state index >= 15 is 0 Å². The summed E-state index contributed by atoms with van der Waals surface area (Å²) in [7, 11) is -3.65. The highest BCUT2D eigenvalue weighted by molar-refractivity contribution is 7.89. The predicted molar refractivity (Wildman–Crippen MR) is 119 cm³/mol. The first-order valence-electron chi connectivity index (χ1n) is 9.95. The summed E-state index contributed by atoms with van der Waals surface area (Å²) in [6, 6.07) is 20.2. The van der Waals surface area contributed by atoms with Gasteiger partial charge in [0.2, 0.25) is 15.9 Å².